The highest BCUT2D eigenvalue weighted by Crippen LogP contribution is 2.25. The van der Waals surface area contributed by atoms with Crippen LogP contribution in [0.5, 0.6) is 5.75 Å². The third kappa shape index (κ3) is 4.22. The van der Waals surface area contributed by atoms with E-state index in [0.717, 1.165) is 23.2 Å². The van der Waals surface area contributed by atoms with Gasteiger partial charge < -0.3 is 15.4 Å². The Kier molecular flexibility index (Phi) is 5.65. The lowest BCUT2D eigenvalue weighted by atomic mass is 10.1. The average Bonchev–Trinajstić information content (AvgIpc) is 2.49. The second-order valence-corrected chi connectivity index (χ2v) is 5.88. The zero-order chi connectivity index (χ0) is 15.2. The van der Waals surface area contributed by atoms with Crippen LogP contribution in [0.4, 0.5) is 5.69 Å². The molecule has 21 heavy (non-hydrogen) atoms. The predicted octanol–water partition coefficient (Wildman–Crippen LogP) is 3.60. The van der Waals surface area contributed by atoms with E-state index in [0.29, 0.717) is 6.54 Å². The van der Waals surface area contributed by atoms with E-state index in [4.69, 9.17) is 10.5 Å². The Balaban J connectivity index is 2.12. The van der Waals surface area contributed by atoms with Crippen LogP contribution in [-0.4, -0.2) is 20.7 Å². The number of anilines is 1. The first kappa shape index (κ1) is 15.9. The number of hydrogen-bond donors (Lipinski definition) is 1. The molecule has 2 N–H and O–H groups in total. The van der Waals surface area contributed by atoms with Gasteiger partial charge in [0.15, 0.2) is 0 Å². The molecule has 0 fully saturated rings. The van der Waals surface area contributed by atoms with Crippen molar-refractivity contribution < 1.29 is 4.74 Å². The maximum atomic E-state index is 5.61. The first-order valence-corrected chi connectivity index (χ1v) is 7.76. The van der Waals surface area contributed by atoms with Crippen LogP contribution in [0.2, 0.25) is 0 Å². The SMILES string of the molecule is COc1cccc(CN(C)c2ccc(CCN)c(Br)c2)c1. The first-order valence-electron chi connectivity index (χ1n) is 6.96. The van der Waals surface area contributed by atoms with E-state index in [2.05, 4.69) is 58.2 Å². The Bertz CT molecular complexity index is 601. The molecule has 0 heterocycles. The van der Waals surface area contributed by atoms with Crippen molar-refractivity contribution >= 4 is 21.6 Å². The van der Waals surface area contributed by atoms with Gasteiger partial charge in [-0.05, 0) is 48.4 Å². The molecular formula is C17H21BrN2O. The van der Waals surface area contributed by atoms with Gasteiger partial charge in [-0.2, -0.15) is 0 Å². The normalized spacial score (nSPS) is 10.5. The Morgan fingerprint density at radius 1 is 1.19 bits per heavy atom. The van der Waals surface area contributed by atoms with Gasteiger partial charge >= 0.3 is 0 Å². The van der Waals surface area contributed by atoms with Gasteiger partial charge in [0.2, 0.25) is 0 Å². The Hall–Kier alpha value is -1.52. The molecule has 0 saturated carbocycles. The minimum Gasteiger partial charge on any atom is -0.497 e. The zero-order valence-corrected chi connectivity index (χ0v) is 14.1. The molecule has 2 aromatic carbocycles. The fraction of sp³-hybridized carbons (Fsp3) is 0.294. The quantitative estimate of drug-likeness (QED) is 0.866. The molecule has 0 atom stereocenters. The minimum absolute atomic E-state index is 0.664. The van der Waals surface area contributed by atoms with E-state index >= 15 is 0 Å². The largest absolute Gasteiger partial charge is 0.497 e. The van der Waals surface area contributed by atoms with Crippen LogP contribution in [0.1, 0.15) is 11.1 Å². The Morgan fingerprint density at radius 3 is 2.67 bits per heavy atom. The van der Waals surface area contributed by atoms with Crippen molar-refractivity contribution in [2.75, 3.05) is 25.6 Å². The molecule has 0 aliphatic heterocycles. The maximum absolute atomic E-state index is 5.61. The minimum atomic E-state index is 0.664. The second-order valence-electron chi connectivity index (χ2n) is 5.02. The molecule has 2 rings (SSSR count). The van der Waals surface area contributed by atoms with Crippen molar-refractivity contribution in [3.8, 4) is 5.75 Å². The summed E-state index contributed by atoms with van der Waals surface area (Å²) in [6.45, 7) is 1.50. The van der Waals surface area contributed by atoms with Gasteiger partial charge in [-0.1, -0.05) is 34.1 Å². The summed E-state index contributed by atoms with van der Waals surface area (Å²) in [6, 6.07) is 14.6. The number of rotatable bonds is 6. The van der Waals surface area contributed by atoms with Gasteiger partial charge in [0, 0.05) is 23.8 Å². The van der Waals surface area contributed by atoms with E-state index in [-0.39, 0.29) is 0 Å². The van der Waals surface area contributed by atoms with Crippen LogP contribution in [0.15, 0.2) is 46.9 Å². The van der Waals surface area contributed by atoms with Crippen LogP contribution in [0, 0.1) is 0 Å². The summed E-state index contributed by atoms with van der Waals surface area (Å²) in [5.41, 5.74) is 9.25. The van der Waals surface area contributed by atoms with Gasteiger partial charge in [-0.15, -0.1) is 0 Å². The van der Waals surface area contributed by atoms with Crippen LogP contribution >= 0.6 is 15.9 Å². The van der Waals surface area contributed by atoms with Crippen molar-refractivity contribution in [3.63, 3.8) is 0 Å². The topological polar surface area (TPSA) is 38.5 Å². The van der Waals surface area contributed by atoms with Crippen molar-refractivity contribution in [1.82, 2.24) is 0 Å². The van der Waals surface area contributed by atoms with E-state index in [1.807, 2.05) is 12.1 Å². The van der Waals surface area contributed by atoms with Gasteiger partial charge in [0.25, 0.3) is 0 Å². The fourth-order valence-corrected chi connectivity index (χ4v) is 2.83. The van der Waals surface area contributed by atoms with Crippen LogP contribution in [0.3, 0.4) is 0 Å². The molecule has 0 aliphatic rings. The third-order valence-electron chi connectivity index (χ3n) is 3.44. The van der Waals surface area contributed by atoms with E-state index in [9.17, 15) is 0 Å². The highest BCUT2D eigenvalue weighted by atomic mass is 79.9. The molecule has 0 radical (unpaired) electrons. The molecule has 0 aliphatic carbocycles. The number of ether oxygens (including phenoxy) is 1. The van der Waals surface area contributed by atoms with Gasteiger partial charge in [-0.3, -0.25) is 0 Å². The monoisotopic (exact) mass is 348 g/mol. The van der Waals surface area contributed by atoms with Crippen molar-refractivity contribution in [3.05, 3.63) is 58.1 Å². The number of halogens is 1. The number of methoxy groups -OCH3 is 1. The molecule has 4 heteroatoms. The molecule has 0 aromatic heterocycles. The summed E-state index contributed by atoms with van der Waals surface area (Å²) >= 11 is 3.62. The van der Waals surface area contributed by atoms with Crippen LogP contribution < -0.4 is 15.4 Å². The first-order chi connectivity index (χ1) is 10.1. The summed E-state index contributed by atoms with van der Waals surface area (Å²) in [4.78, 5) is 2.21. The summed E-state index contributed by atoms with van der Waals surface area (Å²) < 4.78 is 6.38. The molecular weight excluding hydrogens is 328 g/mol. The summed E-state index contributed by atoms with van der Waals surface area (Å²) in [5.74, 6) is 0.889. The van der Waals surface area contributed by atoms with Gasteiger partial charge in [-0.25, -0.2) is 0 Å². The molecule has 2 aromatic rings. The highest BCUT2D eigenvalue weighted by Gasteiger charge is 2.06. The average molecular weight is 349 g/mol. The Labute approximate surface area is 134 Å². The van der Waals surface area contributed by atoms with E-state index < -0.39 is 0 Å². The molecule has 3 nitrogen and oxygen atoms in total. The predicted molar refractivity (Wildman–Crippen MR) is 92.0 cm³/mol. The molecule has 0 bridgehead atoms. The van der Waals surface area contributed by atoms with E-state index in [1.165, 1.54) is 16.8 Å². The lowest BCUT2D eigenvalue weighted by molar-refractivity contribution is 0.414. The Morgan fingerprint density at radius 2 is 2.00 bits per heavy atom. The lowest BCUT2D eigenvalue weighted by Crippen LogP contribution is -2.16. The molecule has 112 valence electrons. The number of nitrogens with two attached hydrogens (primary N) is 1. The number of benzene rings is 2. The smallest absolute Gasteiger partial charge is 0.119 e. The van der Waals surface area contributed by atoms with Gasteiger partial charge in [0.05, 0.1) is 7.11 Å². The van der Waals surface area contributed by atoms with Crippen LogP contribution in [0.25, 0.3) is 0 Å². The number of nitrogens with zero attached hydrogens (tertiary/aromatic N) is 1. The van der Waals surface area contributed by atoms with Crippen molar-refractivity contribution in [1.29, 1.82) is 0 Å². The van der Waals surface area contributed by atoms with Gasteiger partial charge in [0.1, 0.15) is 5.75 Å². The zero-order valence-electron chi connectivity index (χ0n) is 12.5. The highest BCUT2D eigenvalue weighted by molar-refractivity contribution is 9.10. The summed E-state index contributed by atoms with van der Waals surface area (Å²) in [7, 11) is 3.78. The van der Waals surface area contributed by atoms with Crippen molar-refractivity contribution in [2.45, 2.75) is 13.0 Å². The standard InChI is InChI=1S/C17H21BrN2O/c1-20(12-13-4-3-5-16(10-13)21-2)15-7-6-14(8-9-19)17(18)11-15/h3-7,10-11H,8-9,12,19H2,1-2H3. The summed E-state index contributed by atoms with van der Waals surface area (Å²) in [5, 5.41) is 0. The third-order valence-corrected chi connectivity index (χ3v) is 4.18. The molecule has 0 saturated heterocycles. The molecule has 0 spiro atoms. The van der Waals surface area contributed by atoms with Crippen LogP contribution in [-0.2, 0) is 13.0 Å². The fourth-order valence-electron chi connectivity index (χ4n) is 2.27. The molecule has 0 unspecified atom stereocenters. The van der Waals surface area contributed by atoms with Crippen molar-refractivity contribution in [2.24, 2.45) is 5.73 Å². The maximum Gasteiger partial charge on any atom is 0.119 e. The lowest BCUT2D eigenvalue weighted by Gasteiger charge is -2.21. The summed E-state index contributed by atoms with van der Waals surface area (Å²) in [6.07, 6.45) is 0.889. The number of hydrogen-bond acceptors (Lipinski definition) is 3. The second kappa shape index (κ2) is 7.48. The van der Waals surface area contributed by atoms with E-state index in [1.54, 1.807) is 7.11 Å². The molecule has 0 amide bonds.